The van der Waals surface area contributed by atoms with Gasteiger partial charge in [-0.25, -0.2) is 4.79 Å². The molecule has 2 saturated heterocycles. The predicted molar refractivity (Wildman–Crippen MR) is 103 cm³/mol. The molecule has 2 rings (SSSR count). The van der Waals surface area contributed by atoms with E-state index in [0.29, 0.717) is 43.9 Å². The van der Waals surface area contributed by atoms with Gasteiger partial charge >= 0.3 is 6.03 Å². The fourth-order valence-corrected chi connectivity index (χ4v) is 3.84. The van der Waals surface area contributed by atoms with Crippen LogP contribution < -0.4 is 11.1 Å². The molecule has 25 heavy (non-hydrogen) atoms. The van der Waals surface area contributed by atoms with Crippen molar-refractivity contribution in [3.05, 3.63) is 0 Å². The molecule has 2 aliphatic heterocycles. The molecule has 2 heterocycles. The van der Waals surface area contributed by atoms with Crippen molar-refractivity contribution in [1.82, 2.24) is 15.1 Å². The van der Waals surface area contributed by atoms with E-state index in [0.717, 1.165) is 32.4 Å². The number of nitrogens with two attached hydrogens (primary N) is 1. The Bertz CT molecular complexity index is 447. The Morgan fingerprint density at radius 1 is 1.24 bits per heavy atom. The van der Waals surface area contributed by atoms with E-state index < -0.39 is 0 Å². The summed E-state index contributed by atoms with van der Waals surface area (Å²) in [5, 5.41) is 2.98. The number of urea groups is 1. The Balaban J connectivity index is 0.00000312. The number of nitrogens with one attached hydrogen (secondary N) is 1. The molecule has 2 fully saturated rings. The summed E-state index contributed by atoms with van der Waals surface area (Å²) in [5.41, 5.74) is 5.75. The van der Waals surface area contributed by atoms with Crippen LogP contribution in [0.3, 0.4) is 0 Å². The van der Waals surface area contributed by atoms with E-state index in [2.05, 4.69) is 26.1 Å². The van der Waals surface area contributed by atoms with Crippen molar-refractivity contribution in [1.29, 1.82) is 0 Å². The van der Waals surface area contributed by atoms with Gasteiger partial charge in [-0.2, -0.15) is 0 Å². The Morgan fingerprint density at radius 3 is 2.56 bits per heavy atom. The number of hydrogen-bond acceptors (Lipinski definition) is 3. The first-order valence-corrected chi connectivity index (χ1v) is 9.43. The lowest BCUT2D eigenvalue weighted by atomic mass is 9.94. The minimum atomic E-state index is 0. The molecule has 0 spiro atoms. The molecule has 0 saturated carbocycles. The van der Waals surface area contributed by atoms with Gasteiger partial charge in [-0.1, -0.05) is 13.8 Å². The normalized spacial score (nSPS) is 26.5. The summed E-state index contributed by atoms with van der Waals surface area (Å²) >= 11 is 0. The van der Waals surface area contributed by atoms with Crippen LogP contribution in [0.25, 0.3) is 0 Å². The average Bonchev–Trinajstić information content (AvgIpc) is 2.94. The molecule has 0 aromatic rings. The zero-order chi connectivity index (χ0) is 17.7. The molecule has 3 atom stereocenters. The molecule has 2 aliphatic rings. The number of carbonyl (C=O) groups is 2. The van der Waals surface area contributed by atoms with Gasteiger partial charge in [0.1, 0.15) is 0 Å². The van der Waals surface area contributed by atoms with E-state index in [1.54, 1.807) is 0 Å². The molecule has 0 aliphatic carbocycles. The number of halogens is 1. The van der Waals surface area contributed by atoms with Gasteiger partial charge < -0.3 is 20.9 Å². The van der Waals surface area contributed by atoms with Crippen molar-refractivity contribution >= 4 is 24.3 Å². The van der Waals surface area contributed by atoms with Crippen LogP contribution in [0.4, 0.5) is 4.79 Å². The van der Waals surface area contributed by atoms with Crippen molar-refractivity contribution in [2.45, 2.75) is 52.5 Å². The first kappa shape index (κ1) is 22.0. The molecule has 0 bridgehead atoms. The lowest BCUT2D eigenvalue weighted by molar-refractivity contribution is -0.133. The van der Waals surface area contributed by atoms with Gasteiger partial charge in [0.2, 0.25) is 5.91 Å². The summed E-state index contributed by atoms with van der Waals surface area (Å²) in [7, 11) is 0. The number of hydrogen-bond donors (Lipinski definition) is 2. The van der Waals surface area contributed by atoms with Crippen LogP contribution in [0.2, 0.25) is 0 Å². The fraction of sp³-hybridized carbons (Fsp3) is 0.889. The van der Waals surface area contributed by atoms with Gasteiger partial charge in [0.15, 0.2) is 0 Å². The number of piperidine rings is 1. The van der Waals surface area contributed by atoms with Gasteiger partial charge in [-0.05, 0) is 50.5 Å². The van der Waals surface area contributed by atoms with E-state index in [9.17, 15) is 9.59 Å². The Morgan fingerprint density at radius 2 is 1.96 bits per heavy atom. The maximum absolute atomic E-state index is 12.6. The van der Waals surface area contributed by atoms with Crippen LogP contribution in [0.1, 0.15) is 46.5 Å². The highest BCUT2D eigenvalue weighted by molar-refractivity contribution is 5.85. The van der Waals surface area contributed by atoms with E-state index in [4.69, 9.17) is 5.73 Å². The minimum absolute atomic E-state index is 0. The highest BCUT2D eigenvalue weighted by Gasteiger charge is 2.33. The quantitative estimate of drug-likeness (QED) is 0.773. The molecule has 3 N–H and O–H groups in total. The predicted octanol–water partition coefficient (Wildman–Crippen LogP) is 2.07. The van der Waals surface area contributed by atoms with Gasteiger partial charge in [0.25, 0.3) is 0 Å². The molecule has 3 amide bonds. The van der Waals surface area contributed by atoms with Crippen molar-refractivity contribution in [2.24, 2.45) is 23.5 Å². The minimum Gasteiger partial charge on any atom is -0.340 e. The number of likely N-dealkylation sites (tertiary alicyclic amines) is 2. The highest BCUT2D eigenvalue weighted by atomic mass is 35.5. The number of nitrogens with zero attached hydrogens (tertiary/aromatic N) is 2. The number of amides is 3. The van der Waals surface area contributed by atoms with Crippen LogP contribution in [-0.2, 0) is 4.79 Å². The van der Waals surface area contributed by atoms with Crippen molar-refractivity contribution in [3.63, 3.8) is 0 Å². The van der Waals surface area contributed by atoms with Gasteiger partial charge in [0.05, 0.1) is 0 Å². The maximum Gasteiger partial charge on any atom is 0.317 e. The highest BCUT2D eigenvalue weighted by Crippen LogP contribution is 2.26. The van der Waals surface area contributed by atoms with E-state index in [1.807, 2.05) is 9.80 Å². The van der Waals surface area contributed by atoms with Crippen molar-refractivity contribution in [2.75, 3.05) is 32.7 Å². The van der Waals surface area contributed by atoms with E-state index >= 15 is 0 Å². The van der Waals surface area contributed by atoms with Crippen LogP contribution in [0.5, 0.6) is 0 Å². The average molecular weight is 375 g/mol. The Kier molecular flexibility index (Phi) is 9.00. The zero-order valence-electron chi connectivity index (χ0n) is 15.9. The summed E-state index contributed by atoms with van der Waals surface area (Å²) in [6, 6.07) is 0.304. The van der Waals surface area contributed by atoms with Crippen LogP contribution in [0, 0.1) is 17.8 Å². The first-order valence-electron chi connectivity index (χ1n) is 9.43. The second-order valence-electron chi connectivity index (χ2n) is 7.97. The van der Waals surface area contributed by atoms with Crippen LogP contribution >= 0.6 is 12.4 Å². The maximum atomic E-state index is 12.6. The van der Waals surface area contributed by atoms with Crippen molar-refractivity contribution < 1.29 is 9.59 Å². The lowest BCUT2D eigenvalue weighted by Gasteiger charge is -2.34. The number of carbonyl (C=O) groups excluding carboxylic acids is 2. The zero-order valence-corrected chi connectivity index (χ0v) is 16.7. The van der Waals surface area contributed by atoms with Gasteiger partial charge in [-0.3, -0.25) is 4.79 Å². The molecule has 0 radical (unpaired) electrons. The molecule has 146 valence electrons. The van der Waals surface area contributed by atoms with E-state index in [-0.39, 0.29) is 30.3 Å². The second kappa shape index (κ2) is 10.2. The molecular formula is C18H35ClN4O2. The third-order valence-corrected chi connectivity index (χ3v) is 5.25. The Labute approximate surface area is 158 Å². The Hall–Kier alpha value is -1.01. The largest absolute Gasteiger partial charge is 0.340 e. The topological polar surface area (TPSA) is 78.7 Å². The summed E-state index contributed by atoms with van der Waals surface area (Å²) < 4.78 is 0. The fourth-order valence-electron chi connectivity index (χ4n) is 3.84. The summed E-state index contributed by atoms with van der Waals surface area (Å²) in [6.07, 6.45) is 3.57. The van der Waals surface area contributed by atoms with E-state index in [1.165, 1.54) is 0 Å². The molecule has 3 unspecified atom stereocenters. The third kappa shape index (κ3) is 6.33. The molecule has 0 aromatic heterocycles. The monoisotopic (exact) mass is 374 g/mol. The standard InChI is InChI=1S/C18H34N4O2.ClH/c1-13(2)10-20-18(24)21-6-4-5-15(11-21)8-17(23)22-12-16(9-19)7-14(22)3;/h13-16H,4-12,19H2,1-3H3,(H,20,24);1H. The van der Waals surface area contributed by atoms with Gasteiger partial charge in [0, 0.05) is 38.6 Å². The summed E-state index contributed by atoms with van der Waals surface area (Å²) in [6.45, 7) is 9.92. The molecule has 0 aromatic carbocycles. The van der Waals surface area contributed by atoms with Crippen molar-refractivity contribution in [3.8, 4) is 0 Å². The van der Waals surface area contributed by atoms with Crippen LogP contribution in [-0.4, -0.2) is 60.5 Å². The smallest absolute Gasteiger partial charge is 0.317 e. The third-order valence-electron chi connectivity index (χ3n) is 5.25. The molecule has 6 nitrogen and oxygen atoms in total. The molecule has 7 heteroatoms. The van der Waals surface area contributed by atoms with Gasteiger partial charge in [-0.15, -0.1) is 12.4 Å². The number of rotatable bonds is 5. The summed E-state index contributed by atoms with van der Waals surface area (Å²) in [4.78, 5) is 28.7. The lowest BCUT2D eigenvalue weighted by Crippen LogP contribution is -2.47. The second-order valence-corrected chi connectivity index (χ2v) is 7.97. The molecular weight excluding hydrogens is 340 g/mol. The first-order chi connectivity index (χ1) is 11.4. The summed E-state index contributed by atoms with van der Waals surface area (Å²) in [5.74, 6) is 1.39. The SMILES string of the molecule is CC(C)CNC(=O)N1CCCC(CC(=O)N2CC(CN)CC2C)C1.Cl. The van der Waals surface area contributed by atoms with Crippen LogP contribution in [0.15, 0.2) is 0 Å².